The molecule has 0 unspecified atom stereocenters. The average molecular weight is 192 g/mol. The van der Waals surface area contributed by atoms with Crippen LogP contribution in [0, 0.1) is 5.92 Å². The van der Waals surface area contributed by atoms with Crippen molar-refractivity contribution in [2.24, 2.45) is 5.92 Å². The lowest BCUT2D eigenvalue weighted by Crippen LogP contribution is -2.22. The molecule has 4 heteroatoms. The summed E-state index contributed by atoms with van der Waals surface area (Å²) in [6.07, 6.45) is 0.577. The second-order valence-electron chi connectivity index (χ2n) is 3.21. The highest BCUT2D eigenvalue weighted by Crippen LogP contribution is 2.00. The van der Waals surface area contributed by atoms with Gasteiger partial charge in [0.15, 0.2) is 9.84 Å². The second kappa shape index (κ2) is 4.60. The van der Waals surface area contributed by atoms with Gasteiger partial charge < -0.3 is 0 Å². The van der Waals surface area contributed by atoms with Gasteiger partial charge in [0.1, 0.15) is 11.5 Å². The highest BCUT2D eigenvalue weighted by molar-refractivity contribution is 7.92. The maximum Gasteiger partial charge on any atom is 0.157 e. The molecule has 0 saturated carbocycles. The predicted octanol–water partition coefficient (Wildman–Crippen LogP) is 1.04. The van der Waals surface area contributed by atoms with Crippen LogP contribution in [-0.2, 0) is 14.6 Å². The summed E-state index contributed by atoms with van der Waals surface area (Å²) in [4.78, 5) is 11.1. The third-order valence-electron chi connectivity index (χ3n) is 1.52. The zero-order chi connectivity index (χ0) is 9.78. The Labute approximate surface area is 74.1 Å². The van der Waals surface area contributed by atoms with Gasteiger partial charge in [-0.25, -0.2) is 8.42 Å². The molecular weight excluding hydrogens is 176 g/mol. The Morgan fingerprint density at radius 1 is 1.33 bits per heavy atom. The molecule has 0 N–H and O–H groups in total. The normalized spacial score (nSPS) is 12.0. The summed E-state index contributed by atoms with van der Waals surface area (Å²) in [6, 6.07) is 0. The van der Waals surface area contributed by atoms with Crippen molar-refractivity contribution in [2.45, 2.75) is 27.2 Å². The maximum atomic E-state index is 11.1. The van der Waals surface area contributed by atoms with E-state index in [2.05, 4.69) is 0 Å². The quantitative estimate of drug-likeness (QED) is 0.654. The van der Waals surface area contributed by atoms with Crippen LogP contribution < -0.4 is 0 Å². The molecule has 0 aliphatic heterocycles. The van der Waals surface area contributed by atoms with Crippen LogP contribution in [0.3, 0.4) is 0 Å². The van der Waals surface area contributed by atoms with E-state index in [4.69, 9.17) is 0 Å². The summed E-state index contributed by atoms with van der Waals surface area (Å²) >= 11 is 0. The first-order chi connectivity index (χ1) is 5.39. The van der Waals surface area contributed by atoms with Gasteiger partial charge in [-0.1, -0.05) is 20.8 Å². The molecule has 12 heavy (non-hydrogen) atoms. The number of hydrogen-bond acceptors (Lipinski definition) is 3. The van der Waals surface area contributed by atoms with E-state index in [0.717, 1.165) is 0 Å². The van der Waals surface area contributed by atoms with E-state index in [9.17, 15) is 13.2 Å². The lowest BCUT2D eigenvalue weighted by atomic mass is 10.1. The minimum Gasteiger partial charge on any atom is -0.298 e. The van der Waals surface area contributed by atoms with Gasteiger partial charge in [0, 0.05) is 5.92 Å². The van der Waals surface area contributed by atoms with Crippen LogP contribution in [0.25, 0.3) is 0 Å². The van der Waals surface area contributed by atoms with Gasteiger partial charge in [-0.05, 0) is 6.42 Å². The molecule has 0 aliphatic carbocycles. The highest BCUT2D eigenvalue weighted by Gasteiger charge is 2.17. The van der Waals surface area contributed by atoms with E-state index in [1.54, 1.807) is 20.8 Å². The second-order valence-corrected chi connectivity index (χ2v) is 5.40. The van der Waals surface area contributed by atoms with Crippen molar-refractivity contribution in [2.75, 3.05) is 11.5 Å². The number of Topliss-reactive ketones (excluding diaryl/α,β-unsaturated/α-hetero) is 1. The molecule has 0 bridgehead atoms. The summed E-state index contributed by atoms with van der Waals surface area (Å²) < 4.78 is 22.2. The number of ketones is 1. The molecule has 0 fully saturated rings. The molecule has 3 nitrogen and oxygen atoms in total. The van der Waals surface area contributed by atoms with Crippen molar-refractivity contribution in [1.29, 1.82) is 0 Å². The molecule has 0 aromatic carbocycles. The number of carbonyl (C=O) groups excluding carboxylic acids is 1. The molecule has 0 aliphatic rings. The molecule has 0 heterocycles. The molecule has 0 amide bonds. The highest BCUT2D eigenvalue weighted by atomic mass is 32.2. The van der Waals surface area contributed by atoms with Crippen LogP contribution in [-0.4, -0.2) is 25.7 Å². The third kappa shape index (κ3) is 4.49. The van der Waals surface area contributed by atoms with Crippen molar-refractivity contribution in [3.63, 3.8) is 0 Å². The maximum absolute atomic E-state index is 11.1. The van der Waals surface area contributed by atoms with Crippen LogP contribution in [0.4, 0.5) is 0 Å². The first kappa shape index (κ1) is 11.6. The number of sulfone groups is 1. The Morgan fingerprint density at radius 2 is 1.83 bits per heavy atom. The van der Waals surface area contributed by atoms with E-state index >= 15 is 0 Å². The molecule has 0 saturated heterocycles. The summed E-state index contributed by atoms with van der Waals surface area (Å²) in [7, 11) is -3.13. The Bertz CT molecular complexity index is 239. The van der Waals surface area contributed by atoms with Crippen molar-refractivity contribution < 1.29 is 13.2 Å². The SMILES string of the molecule is CCCS(=O)(=O)CC(=O)C(C)C. The predicted molar refractivity (Wildman–Crippen MR) is 48.8 cm³/mol. The van der Waals surface area contributed by atoms with Gasteiger partial charge >= 0.3 is 0 Å². The Hall–Kier alpha value is -0.380. The molecule has 72 valence electrons. The van der Waals surface area contributed by atoms with Crippen molar-refractivity contribution in [3.8, 4) is 0 Å². The Morgan fingerprint density at radius 3 is 2.17 bits per heavy atom. The lowest BCUT2D eigenvalue weighted by molar-refractivity contribution is -0.119. The van der Waals surface area contributed by atoms with Gasteiger partial charge in [0.25, 0.3) is 0 Å². The smallest absolute Gasteiger partial charge is 0.157 e. The zero-order valence-electron chi connectivity index (χ0n) is 7.83. The van der Waals surface area contributed by atoms with Crippen molar-refractivity contribution >= 4 is 15.6 Å². The third-order valence-corrected chi connectivity index (χ3v) is 3.28. The van der Waals surface area contributed by atoms with Crippen LogP contribution >= 0.6 is 0 Å². The van der Waals surface area contributed by atoms with E-state index in [1.165, 1.54) is 0 Å². The molecular formula is C8H16O3S. The molecule has 0 rings (SSSR count). The summed E-state index contributed by atoms with van der Waals surface area (Å²) in [5.41, 5.74) is 0. The number of rotatable bonds is 5. The molecule has 0 aromatic heterocycles. The van der Waals surface area contributed by atoms with Crippen molar-refractivity contribution in [3.05, 3.63) is 0 Å². The molecule has 0 radical (unpaired) electrons. The van der Waals surface area contributed by atoms with Crippen LogP contribution in [0.5, 0.6) is 0 Å². The van der Waals surface area contributed by atoms with Crippen LogP contribution in [0.15, 0.2) is 0 Å². The monoisotopic (exact) mass is 192 g/mol. The fraction of sp³-hybridized carbons (Fsp3) is 0.875. The topological polar surface area (TPSA) is 51.2 Å². The fourth-order valence-electron chi connectivity index (χ4n) is 0.767. The summed E-state index contributed by atoms with van der Waals surface area (Å²) in [6.45, 7) is 5.21. The van der Waals surface area contributed by atoms with Gasteiger partial charge in [-0.3, -0.25) is 4.79 Å². The number of hydrogen-bond donors (Lipinski definition) is 0. The standard InChI is InChI=1S/C8H16O3S/c1-4-5-12(10,11)6-8(9)7(2)3/h7H,4-6H2,1-3H3. The van der Waals surface area contributed by atoms with Gasteiger partial charge in [0.05, 0.1) is 5.75 Å². The average Bonchev–Trinajstić information content (AvgIpc) is 1.85. The van der Waals surface area contributed by atoms with Crippen LogP contribution in [0.1, 0.15) is 27.2 Å². The largest absolute Gasteiger partial charge is 0.298 e. The summed E-state index contributed by atoms with van der Waals surface area (Å²) in [5, 5.41) is 0. The van der Waals surface area contributed by atoms with E-state index < -0.39 is 9.84 Å². The van der Waals surface area contributed by atoms with Gasteiger partial charge in [0.2, 0.25) is 0 Å². The van der Waals surface area contributed by atoms with Gasteiger partial charge in [-0.2, -0.15) is 0 Å². The Kier molecular flexibility index (Phi) is 4.45. The Balaban J connectivity index is 4.17. The first-order valence-electron chi connectivity index (χ1n) is 4.12. The minimum absolute atomic E-state index is 0.117. The molecule has 0 aromatic rings. The molecule has 0 atom stereocenters. The van der Waals surface area contributed by atoms with Crippen molar-refractivity contribution in [1.82, 2.24) is 0 Å². The number of carbonyl (C=O) groups is 1. The van der Waals surface area contributed by atoms with Gasteiger partial charge in [-0.15, -0.1) is 0 Å². The lowest BCUT2D eigenvalue weighted by Gasteiger charge is -2.03. The fourth-order valence-corrected chi connectivity index (χ4v) is 2.30. The van der Waals surface area contributed by atoms with E-state index in [0.29, 0.717) is 6.42 Å². The molecule has 0 spiro atoms. The zero-order valence-corrected chi connectivity index (χ0v) is 8.65. The van der Waals surface area contributed by atoms with E-state index in [1.807, 2.05) is 0 Å². The minimum atomic E-state index is -3.13. The summed E-state index contributed by atoms with van der Waals surface area (Å²) in [5.74, 6) is -0.552. The van der Waals surface area contributed by atoms with Crippen LogP contribution in [0.2, 0.25) is 0 Å². The van der Waals surface area contributed by atoms with E-state index in [-0.39, 0.29) is 23.2 Å². The first-order valence-corrected chi connectivity index (χ1v) is 5.94.